The van der Waals surface area contributed by atoms with E-state index in [1.165, 1.54) is 11.3 Å². The van der Waals surface area contributed by atoms with Crippen molar-refractivity contribution in [2.75, 3.05) is 19.0 Å². The first kappa shape index (κ1) is 18.2. The second-order valence-electron chi connectivity index (χ2n) is 6.70. The van der Waals surface area contributed by atoms with Gasteiger partial charge in [-0.15, -0.1) is 0 Å². The maximum Gasteiger partial charge on any atom is 0.263 e. The number of carbonyl (C=O) groups excluding carboxylic acids is 1. The van der Waals surface area contributed by atoms with Crippen molar-refractivity contribution in [3.63, 3.8) is 0 Å². The molecule has 0 radical (unpaired) electrons. The van der Waals surface area contributed by atoms with Crippen LogP contribution in [-0.4, -0.2) is 29.6 Å². The monoisotopic (exact) mass is 368 g/mol. The molecule has 6 heteroatoms. The van der Waals surface area contributed by atoms with Crippen LogP contribution >= 0.6 is 11.3 Å². The number of rotatable bonds is 6. The lowest BCUT2D eigenvalue weighted by atomic mass is 10.1. The summed E-state index contributed by atoms with van der Waals surface area (Å²) in [4.78, 5) is 20.2. The molecule has 5 nitrogen and oxygen atoms in total. The molecule has 0 unspecified atom stereocenters. The molecule has 1 N–H and O–H groups in total. The van der Waals surface area contributed by atoms with Gasteiger partial charge < -0.3 is 14.8 Å². The van der Waals surface area contributed by atoms with Gasteiger partial charge in [-0.25, -0.2) is 4.98 Å². The molecule has 0 spiro atoms. The summed E-state index contributed by atoms with van der Waals surface area (Å²) in [5, 5.41) is 3.85. The van der Waals surface area contributed by atoms with Gasteiger partial charge in [-0.1, -0.05) is 37.3 Å². The molecule has 136 valence electrons. The highest BCUT2D eigenvalue weighted by atomic mass is 32.1. The summed E-state index contributed by atoms with van der Waals surface area (Å²) in [5.41, 5.74) is 3.06. The fourth-order valence-corrected chi connectivity index (χ4v) is 3.73. The number of anilines is 1. The number of nitrogens with one attached hydrogen (secondary N) is 1. The van der Waals surface area contributed by atoms with Crippen LogP contribution in [0, 0.1) is 0 Å². The number of aromatic nitrogens is 2. The van der Waals surface area contributed by atoms with Crippen molar-refractivity contribution in [2.24, 2.45) is 0 Å². The van der Waals surface area contributed by atoms with Crippen LogP contribution in [0.1, 0.15) is 40.7 Å². The summed E-state index contributed by atoms with van der Waals surface area (Å²) in [5.74, 6) is 0.122. The Morgan fingerprint density at radius 3 is 2.42 bits per heavy atom. The van der Waals surface area contributed by atoms with Gasteiger partial charge in [0, 0.05) is 38.7 Å². The maximum absolute atomic E-state index is 12.7. The Bertz CT molecular complexity index is 864. The third-order valence-electron chi connectivity index (χ3n) is 4.13. The van der Waals surface area contributed by atoms with Crippen molar-refractivity contribution in [3.05, 3.63) is 64.9 Å². The Labute approximate surface area is 158 Å². The molecule has 2 aromatic heterocycles. The second kappa shape index (κ2) is 7.74. The lowest BCUT2D eigenvalue weighted by Gasteiger charge is -2.13. The number of hydrogen-bond acceptors (Lipinski definition) is 4. The van der Waals surface area contributed by atoms with Gasteiger partial charge >= 0.3 is 0 Å². The molecule has 2 heterocycles. The average molecular weight is 369 g/mol. The van der Waals surface area contributed by atoms with E-state index in [2.05, 4.69) is 41.2 Å². The molecule has 26 heavy (non-hydrogen) atoms. The van der Waals surface area contributed by atoms with Gasteiger partial charge in [-0.2, -0.15) is 0 Å². The fourth-order valence-electron chi connectivity index (χ4n) is 2.62. The Balaban J connectivity index is 1.74. The third-order valence-corrected chi connectivity index (χ3v) is 5.21. The van der Waals surface area contributed by atoms with Crippen LogP contribution in [0.2, 0.25) is 0 Å². The van der Waals surface area contributed by atoms with E-state index in [0.717, 1.165) is 22.1 Å². The van der Waals surface area contributed by atoms with Crippen molar-refractivity contribution in [3.8, 4) is 5.13 Å². The van der Waals surface area contributed by atoms with Gasteiger partial charge in [0.2, 0.25) is 0 Å². The summed E-state index contributed by atoms with van der Waals surface area (Å²) < 4.78 is 1.94. The van der Waals surface area contributed by atoms with Gasteiger partial charge in [-0.05, 0) is 35.7 Å². The highest BCUT2D eigenvalue weighted by Crippen LogP contribution is 2.27. The minimum Gasteiger partial charge on any atom is -0.378 e. The quantitative estimate of drug-likeness (QED) is 0.714. The van der Waals surface area contributed by atoms with E-state index in [1.54, 1.807) is 0 Å². The van der Waals surface area contributed by atoms with Crippen LogP contribution in [0.3, 0.4) is 0 Å². The lowest BCUT2D eigenvalue weighted by molar-refractivity contribution is 0.0953. The molecular weight excluding hydrogens is 344 g/mol. The summed E-state index contributed by atoms with van der Waals surface area (Å²) in [6.07, 6.45) is 3.88. The minimum absolute atomic E-state index is 0.0682. The highest BCUT2D eigenvalue weighted by molar-refractivity contribution is 7.16. The molecule has 3 rings (SSSR count). The number of hydrogen-bond donors (Lipinski definition) is 1. The first-order chi connectivity index (χ1) is 12.5. The van der Waals surface area contributed by atoms with Gasteiger partial charge in [0.15, 0.2) is 5.13 Å². The zero-order chi connectivity index (χ0) is 18.7. The van der Waals surface area contributed by atoms with E-state index in [1.807, 2.05) is 55.3 Å². The first-order valence-corrected chi connectivity index (χ1v) is 9.46. The Hall–Kier alpha value is -2.60. The lowest BCUT2D eigenvalue weighted by Crippen LogP contribution is -2.23. The van der Waals surface area contributed by atoms with Crippen LogP contribution in [0.15, 0.2) is 48.8 Å². The maximum atomic E-state index is 12.7. The molecule has 0 saturated heterocycles. The normalized spacial score (nSPS) is 11.0. The number of nitrogens with zero attached hydrogens (tertiary/aromatic N) is 3. The Kier molecular flexibility index (Phi) is 5.42. The molecule has 0 atom stereocenters. The second-order valence-corrected chi connectivity index (χ2v) is 7.68. The zero-order valence-corrected chi connectivity index (χ0v) is 16.4. The van der Waals surface area contributed by atoms with Gasteiger partial charge in [-0.3, -0.25) is 4.79 Å². The molecule has 0 saturated carbocycles. The number of benzene rings is 1. The Morgan fingerprint density at radius 2 is 1.85 bits per heavy atom. The largest absolute Gasteiger partial charge is 0.378 e. The Morgan fingerprint density at radius 1 is 1.19 bits per heavy atom. The topological polar surface area (TPSA) is 50.2 Å². The van der Waals surface area contributed by atoms with Crippen LogP contribution in [0.5, 0.6) is 0 Å². The van der Waals surface area contributed by atoms with E-state index in [0.29, 0.717) is 11.4 Å². The predicted molar refractivity (Wildman–Crippen MR) is 107 cm³/mol. The molecular formula is C20H24N4OS. The molecule has 0 aliphatic heterocycles. The summed E-state index contributed by atoms with van der Waals surface area (Å²) in [7, 11) is 4.02. The van der Waals surface area contributed by atoms with Gasteiger partial charge in [0.05, 0.1) is 5.69 Å². The van der Waals surface area contributed by atoms with E-state index in [4.69, 9.17) is 0 Å². The summed E-state index contributed by atoms with van der Waals surface area (Å²) in [6, 6.07) is 12.1. The molecule has 0 fully saturated rings. The molecule has 0 bridgehead atoms. The van der Waals surface area contributed by atoms with Crippen molar-refractivity contribution >= 4 is 22.9 Å². The zero-order valence-electron chi connectivity index (χ0n) is 15.6. The van der Waals surface area contributed by atoms with Crippen molar-refractivity contribution < 1.29 is 4.79 Å². The van der Waals surface area contributed by atoms with Crippen LogP contribution < -0.4 is 10.2 Å². The molecule has 1 amide bonds. The smallest absolute Gasteiger partial charge is 0.263 e. The van der Waals surface area contributed by atoms with Crippen molar-refractivity contribution in [2.45, 2.75) is 26.3 Å². The summed E-state index contributed by atoms with van der Waals surface area (Å²) in [6.45, 7) is 4.62. The van der Waals surface area contributed by atoms with E-state index in [-0.39, 0.29) is 11.8 Å². The van der Waals surface area contributed by atoms with Crippen LogP contribution in [0.25, 0.3) is 5.13 Å². The SMILES string of the molecule is CC(C)c1nc(-n2cccc2)sc1C(=O)NCc1ccc(N(C)C)cc1. The standard InChI is InChI=1S/C20H24N4OS/c1-14(2)17-18(26-20(22-17)24-11-5-6-12-24)19(25)21-13-15-7-9-16(10-8-15)23(3)4/h5-12,14H,13H2,1-4H3,(H,21,25). The molecule has 0 aliphatic rings. The summed E-state index contributed by atoms with van der Waals surface area (Å²) >= 11 is 1.43. The van der Waals surface area contributed by atoms with Crippen molar-refractivity contribution in [1.29, 1.82) is 0 Å². The van der Waals surface area contributed by atoms with E-state index in [9.17, 15) is 4.79 Å². The number of carbonyl (C=O) groups is 1. The highest BCUT2D eigenvalue weighted by Gasteiger charge is 2.20. The third kappa shape index (κ3) is 3.96. The van der Waals surface area contributed by atoms with E-state index >= 15 is 0 Å². The minimum atomic E-state index is -0.0682. The van der Waals surface area contributed by atoms with Gasteiger partial charge in [0.1, 0.15) is 4.88 Å². The van der Waals surface area contributed by atoms with E-state index < -0.39 is 0 Å². The first-order valence-electron chi connectivity index (χ1n) is 8.64. The number of amides is 1. The molecule has 0 aliphatic carbocycles. The number of thiazole rings is 1. The molecule has 3 aromatic rings. The van der Waals surface area contributed by atoms with Crippen molar-refractivity contribution in [1.82, 2.24) is 14.9 Å². The average Bonchev–Trinajstić information content (AvgIpc) is 3.29. The van der Waals surface area contributed by atoms with Crippen LogP contribution in [0.4, 0.5) is 5.69 Å². The van der Waals surface area contributed by atoms with Gasteiger partial charge in [0.25, 0.3) is 5.91 Å². The molecule has 1 aromatic carbocycles. The predicted octanol–water partition coefficient (Wildman–Crippen LogP) is 4.05. The van der Waals surface area contributed by atoms with Crippen LogP contribution in [-0.2, 0) is 6.54 Å². The fraction of sp³-hybridized carbons (Fsp3) is 0.300.